The highest BCUT2D eigenvalue weighted by Gasteiger charge is 2.50. The molecule has 2 aromatic rings. The molecule has 2 aliphatic rings. The number of methoxy groups -OCH3 is 1. The summed E-state index contributed by atoms with van der Waals surface area (Å²) in [4.78, 5) is 56.8. The molecule has 3 heterocycles. The van der Waals surface area contributed by atoms with E-state index in [4.69, 9.17) is 14.6 Å². The Labute approximate surface area is 197 Å². The number of fused-ring (bicyclic) bond motifs is 1. The lowest BCUT2D eigenvalue weighted by Gasteiger charge is -2.39. The standard InChI is InChI=1S/C22H27N5O4.CH2O2/c1-14(28)26-11-17-9-19(22(30)24-8-7-16-10-23-13-25-16)21(27(17)20(29)12-26)15-3-5-18(31-2)6-4-15;2-1-3/h3-6,10,13,17,19,21H,7-9,11-12H2,1-2H3,(H,23,25)(H,24,30);1H,(H,2,3)/t17-,19-,21-;/m0./s1. The van der Waals surface area contributed by atoms with Gasteiger partial charge in [0.25, 0.3) is 6.47 Å². The number of hydrogen-bond acceptors (Lipinski definition) is 6. The lowest BCUT2D eigenvalue weighted by Crippen LogP contribution is -2.55. The lowest BCUT2D eigenvalue weighted by molar-refractivity contribution is -0.148. The van der Waals surface area contributed by atoms with Crippen LogP contribution in [0.5, 0.6) is 5.75 Å². The number of benzene rings is 1. The van der Waals surface area contributed by atoms with Crippen molar-refractivity contribution in [3.63, 3.8) is 0 Å². The van der Waals surface area contributed by atoms with E-state index in [0.717, 1.165) is 11.3 Å². The van der Waals surface area contributed by atoms with E-state index in [1.165, 1.54) is 6.92 Å². The Kier molecular flexibility index (Phi) is 8.23. The van der Waals surface area contributed by atoms with Crippen LogP contribution in [0.15, 0.2) is 36.8 Å². The predicted octanol–water partition coefficient (Wildman–Crippen LogP) is 0.598. The fraction of sp³-hybridized carbons (Fsp3) is 0.435. The number of nitrogens with zero attached hydrogens (tertiary/aromatic N) is 3. The minimum absolute atomic E-state index is 0.0483. The number of amides is 3. The molecule has 0 saturated carbocycles. The molecule has 0 radical (unpaired) electrons. The highest BCUT2D eigenvalue weighted by molar-refractivity contribution is 5.88. The quantitative estimate of drug-likeness (QED) is 0.523. The Morgan fingerprint density at radius 3 is 2.62 bits per heavy atom. The molecule has 3 amide bonds. The van der Waals surface area contributed by atoms with Gasteiger partial charge >= 0.3 is 0 Å². The smallest absolute Gasteiger partial charge is 0.290 e. The Bertz CT molecular complexity index is 994. The molecule has 3 N–H and O–H groups in total. The van der Waals surface area contributed by atoms with Crippen LogP contribution in [-0.2, 0) is 25.6 Å². The number of piperazine rings is 1. The normalized spacial score (nSPS) is 21.2. The molecule has 0 bridgehead atoms. The lowest BCUT2D eigenvalue weighted by atomic mass is 9.92. The summed E-state index contributed by atoms with van der Waals surface area (Å²) >= 11 is 0. The molecule has 1 aromatic carbocycles. The van der Waals surface area contributed by atoms with Crippen molar-refractivity contribution >= 4 is 24.2 Å². The van der Waals surface area contributed by atoms with E-state index in [1.54, 1.807) is 29.4 Å². The molecule has 4 rings (SSSR count). The molecule has 3 atom stereocenters. The van der Waals surface area contributed by atoms with E-state index >= 15 is 0 Å². The molecule has 2 saturated heterocycles. The van der Waals surface area contributed by atoms with Crippen LogP contribution < -0.4 is 10.1 Å². The number of H-pyrrole nitrogens is 1. The number of carboxylic acid groups (broad SMARTS) is 1. The SMILES string of the molecule is COc1ccc([C@H]2[C@@H](C(=O)NCCc3cnc[nH]3)C[C@H]3CN(C(C)=O)CC(=O)N32)cc1.O=CO. The monoisotopic (exact) mass is 471 g/mol. The highest BCUT2D eigenvalue weighted by atomic mass is 16.5. The average Bonchev–Trinajstić information content (AvgIpc) is 3.47. The van der Waals surface area contributed by atoms with Crippen molar-refractivity contribution in [2.45, 2.75) is 31.8 Å². The van der Waals surface area contributed by atoms with Crippen LogP contribution in [0.25, 0.3) is 0 Å². The van der Waals surface area contributed by atoms with Gasteiger partial charge in [-0.15, -0.1) is 0 Å². The fourth-order valence-electron chi connectivity index (χ4n) is 4.60. The van der Waals surface area contributed by atoms with Crippen LogP contribution in [-0.4, -0.2) is 81.9 Å². The van der Waals surface area contributed by atoms with E-state index in [1.807, 2.05) is 24.3 Å². The molecule has 11 nitrogen and oxygen atoms in total. The molecule has 1 aromatic heterocycles. The summed E-state index contributed by atoms with van der Waals surface area (Å²) in [5.41, 5.74) is 1.84. The number of carbonyl (C=O) groups is 4. The van der Waals surface area contributed by atoms with Gasteiger partial charge in [0, 0.05) is 38.3 Å². The van der Waals surface area contributed by atoms with Gasteiger partial charge in [0.15, 0.2) is 0 Å². The first-order valence-corrected chi connectivity index (χ1v) is 10.9. The first-order chi connectivity index (χ1) is 16.4. The molecule has 0 spiro atoms. The Morgan fingerprint density at radius 1 is 1.32 bits per heavy atom. The number of carbonyl (C=O) groups excluding carboxylic acids is 3. The molecule has 182 valence electrons. The minimum atomic E-state index is -0.393. The summed E-state index contributed by atoms with van der Waals surface area (Å²) in [7, 11) is 1.60. The zero-order valence-corrected chi connectivity index (χ0v) is 19.1. The van der Waals surface area contributed by atoms with E-state index in [0.29, 0.717) is 31.7 Å². The second kappa shape index (κ2) is 11.3. The highest BCUT2D eigenvalue weighted by Crippen LogP contribution is 2.43. The summed E-state index contributed by atoms with van der Waals surface area (Å²) < 4.78 is 5.25. The number of nitrogens with one attached hydrogen (secondary N) is 2. The molecule has 11 heteroatoms. The van der Waals surface area contributed by atoms with Crippen molar-refractivity contribution in [1.29, 1.82) is 0 Å². The fourth-order valence-corrected chi connectivity index (χ4v) is 4.60. The molecular weight excluding hydrogens is 442 g/mol. The van der Waals surface area contributed by atoms with Crippen molar-refractivity contribution in [2.75, 3.05) is 26.7 Å². The van der Waals surface area contributed by atoms with Crippen LogP contribution in [0.1, 0.15) is 30.6 Å². The van der Waals surface area contributed by atoms with Crippen molar-refractivity contribution < 1.29 is 29.0 Å². The zero-order chi connectivity index (χ0) is 24.7. The molecular formula is C23H29N5O6. The molecule has 2 aliphatic heterocycles. The number of imidazole rings is 1. The first-order valence-electron chi connectivity index (χ1n) is 10.9. The topological polar surface area (TPSA) is 145 Å². The number of aromatic nitrogens is 2. The molecule has 0 unspecified atom stereocenters. The maximum Gasteiger partial charge on any atom is 0.290 e. The van der Waals surface area contributed by atoms with Gasteiger partial charge < -0.3 is 29.9 Å². The largest absolute Gasteiger partial charge is 0.497 e. The van der Waals surface area contributed by atoms with Crippen molar-refractivity contribution in [1.82, 2.24) is 25.1 Å². The molecule has 34 heavy (non-hydrogen) atoms. The van der Waals surface area contributed by atoms with Crippen molar-refractivity contribution in [3.8, 4) is 5.75 Å². The van der Waals surface area contributed by atoms with Crippen molar-refractivity contribution in [2.24, 2.45) is 5.92 Å². The Balaban J connectivity index is 0.00000103. The van der Waals surface area contributed by atoms with Crippen LogP contribution in [0, 0.1) is 5.92 Å². The Hall–Kier alpha value is -3.89. The third-order valence-corrected chi connectivity index (χ3v) is 6.13. The van der Waals surface area contributed by atoms with Gasteiger partial charge in [-0.25, -0.2) is 4.98 Å². The predicted molar refractivity (Wildman–Crippen MR) is 121 cm³/mol. The maximum absolute atomic E-state index is 13.2. The second-order valence-electron chi connectivity index (χ2n) is 8.14. The summed E-state index contributed by atoms with van der Waals surface area (Å²) in [6, 6.07) is 6.94. The van der Waals surface area contributed by atoms with Crippen molar-refractivity contribution in [3.05, 3.63) is 48.0 Å². The second-order valence-corrected chi connectivity index (χ2v) is 8.14. The van der Waals surface area contributed by atoms with Gasteiger partial charge in [-0.05, 0) is 24.1 Å². The van der Waals surface area contributed by atoms with Crippen LogP contribution in [0.3, 0.4) is 0 Å². The van der Waals surface area contributed by atoms with Crippen LogP contribution >= 0.6 is 0 Å². The third kappa shape index (κ3) is 5.53. The van der Waals surface area contributed by atoms with Gasteiger partial charge in [0.2, 0.25) is 17.7 Å². The number of hydrogen-bond donors (Lipinski definition) is 3. The van der Waals surface area contributed by atoms with Gasteiger partial charge in [0.1, 0.15) is 5.75 Å². The minimum Gasteiger partial charge on any atom is -0.497 e. The number of aromatic amines is 1. The van der Waals surface area contributed by atoms with Crippen LogP contribution in [0.4, 0.5) is 0 Å². The van der Waals surface area contributed by atoms with E-state index in [9.17, 15) is 14.4 Å². The summed E-state index contributed by atoms with van der Waals surface area (Å²) in [6.45, 7) is 2.20. The first kappa shape index (κ1) is 24.7. The Morgan fingerprint density at radius 2 is 2.03 bits per heavy atom. The van der Waals surface area contributed by atoms with E-state index < -0.39 is 5.92 Å². The van der Waals surface area contributed by atoms with Gasteiger partial charge in [-0.2, -0.15) is 0 Å². The maximum atomic E-state index is 13.2. The summed E-state index contributed by atoms with van der Waals surface area (Å²) in [5.74, 6) is -0.0130. The molecule has 0 aliphatic carbocycles. The van der Waals surface area contributed by atoms with Gasteiger partial charge in [-0.3, -0.25) is 19.2 Å². The number of rotatable bonds is 6. The summed E-state index contributed by atoms with van der Waals surface area (Å²) in [6.07, 6.45) is 4.51. The molecule has 2 fully saturated rings. The summed E-state index contributed by atoms with van der Waals surface area (Å²) in [5, 5.41) is 9.90. The third-order valence-electron chi connectivity index (χ3n) is 6.13. The van der Waals surface area contributed by atoms with Crippen LogP contribution in [0.2, 0.25) is 0 Å². The van der Waals surface area contributed by atoms with Gasteiger partial charge in [0.05, 0.1) is 38.0 Å². The average molecular weight is 472 g/mol. The number of ether oxygens (including phenoxy) is 1. The van der Waals surface area contributed by atoms with Gasteiger partial charge in [-0.1, -0.05) is 12.1 Å². The van der Waals surface area contributed by atoms with E-state index in [2.05, 4.69) is 15.3 Å². The zero-order valence-electron chi connectivity index (χ0n) is 19.1. The van der Waals surface area contributed by atoms with E-state index in [-0.39, 0.29) is 42.8 Å².